The predicted molar refractivity (Wildman–Crippen MR) is 127 cm³/mol. The van der Waals surface area contributed by atoms with E-state index in [1.165, 1.54) is 18.2 Å². The molecule has 0 aliphatic heterocycles. The van der Waals surface area contributed by atoms with Crippen molar-refractivity contribution < 1.29 is 33.5 Å². The van der Waals surface area contributed by atoms with E-state index in [2.05, 4.69) is 17.8 Å². The van der Waals surface area contributed by atoms with Gasteiger partial charge in [-0.3, -0.25) is 30.6 Å². The average molecular weight is 485 g/mol. The quantitative estimate of drug-likeness (QED) is 0.153. The van der Waals surface area contributed by atoms with Crippen molar-refractivity contribution in [3.63, 3.8) is 0 Å². The molecule has 2 N–H and O–H groups in total. The van der Waals surface area contributed by atoms with Crippen molar-refractivity contribution in [2.75, 3.05) is 19.8 Å². The van der Waals surface area contributed by atoms with Crippen LogP contribution in [-0.4, -0.2) is 42.5 Å². The number of non-ortho nitro benzene ring substituents is 1. The van der Waals surface area contributed by atoms with Crippen LogP contribution in [0.25, 0.3) is 6.08 Å². The second-order valence-electron chi connectivity index (χ2n) is 7.09. The lowest BCUT2D eigenvalue weighted by Gasteiger charge is -2.12. The first kappa shape index (κ1) is 26.8. The molecule has 2 rings (SSSR count). The lowest BCUT2D eigenvalue weighted by Crippen LogP contribution is -2.43. The molecule has 11 heteroatoms. The molecule has 35 heavy (non-hydrogen) atoms. The summed E-state index contributed by atoms with van der Waals surface area (Å²) in [5, 5.41) is 10.6. The number of unbranched alkanes of at least 4 members (excludes halogenated alkanes) is 1. The Morgan fingerprint density at radius 1 is 1.00 bits per heavy atom. The van der Waals surface area contributed by atoms with Crippen LogP contribution in [-0.2, 0) is 14.3 Å². The van der Waals surface area contributed by atoms with Crippen molar-refractivity contribution in [3.8, 4) is 11.5 Å². The zero-order chi connectivity index (χ0) is 25.6. The number of benzene rings is 2. The van der Waals surface area contributed by atoms with E-state index in [4.69, 9.17) is 14.2 Å². The van der Waals surface area contributed by atoms with E-state index in [0.29, 0.717) is 30.3 Å². The molecular formula is C24H27N3O8. The zero-order valence-electron chi connectivity index (χ0n) is 19.4. The third kappa shape index (κ3) is 9.16. The Morgan fingerprint density at radius 3 is 2.40 bits per heavy atom. The number of nitro groups is 1. The van der Waals surface area contributed by atoms with Gasteiger partial charge in [0.2, 0.25) is 0 Å². The molecular weight excluding hydrogens is 458 g/mol. The number of rotatable bonds is 12. The molecule has 2 amide bonds. The Balaban J connectivity index is 1.81. The fraction of sp³-hybridized carbons (Fsp3) is 0.292. The summed E-state index contributed by atoms with van der Waals surface area (Å²) in [5.41, 5.74) is 4.82. The van der Waals surface area contributed by atoms with Gasteiger partial charge in [0, 0.05) is 23.8 Å². The van der Waals surface area contributed by atoms with Gasteiger partial charge in [-0.25, -0.2) is 4.79 Å². The second kappa shape index (κ2) is 14.0. The lowest BCUT2D eigenvalue weighted by molar-refractivity contribution is -0.384. The van der Waals surface area contributed by atoms with E-state index in [-0.39, 0.29) is 11.3 Å². The van der Waals surface area contributed by atoms with E-state index < -0.39 is 29.3 Å². The lowest BCUT2D eigenvalue weighted by atomic mass is 10.2. The summed E-state index contributed by atoms with van der Waals surface area (Å²) >= 11 is 0. The minimum Gasteiger partial charge on any atom is -0.490 e. The molecule has 186 valence electrons. The summed E-state index contributed by atoms with van der Waals surface area (Å²) in [6, 6.07) is 10.1. The Bertz CT molecular complexity index is 1070. The molecule has 0 fully saturated rings. The minimum atomic E-state index is -0.769. The normalized spacial score (nSPS) is 10.5. The van der Waals surface area contributed by atoms with Crippen LogP contribution >= 0.6 is 0 Å². The molecule has 2 aromatic carbocycles. The molecule has 0 unspecified atom stereocenters. The third-order valence-electron chi connectivity index (χ3n) is 4.44. The highest BCUT2D eigenvalue weighted by Gasteiger charge is 2.11. The number of hydrazine groups is 1. The van der Waals surface area contributed by atoms with Gasteiger partial charge in [-0.05, 0) is 49.2 Å². The first-order chi connectivity index (χ1) is 16.8. The van der Waals surface area contributed by atoms with E-state index in [0.717, 1.165) is 31.1 Å². The van der Waals surface area contributed by atoms with Gasteiger partial charge in [0.25, 0.3) is 17.5 Å². The molecule has 0 radical (unpaired) electrons. The Morgan fingerprint density at radius 2 is 1.74 bits per heavy atom. The standard InChI is InChI=1S/C24H27N3O8/c1-3-5-14-34-20-12-6-17(15-21(20)33-4-2)7-13-23(29)35-16-22(28)25-26-24(30)18-8-10-19(11-9-18)27(31)32/h6-13,15H,3-5,14,16H2,1-2H3,(H,25,28)(H,26,30)/b13-7+. The number of ether oxygens (including phenoxy) is 3. The fourth-order valence-corrected chi connectivity index (χ4v) is 2.66. The van der Waals surface area contributed by atoms with Crippen LogP contribution in [0.15, 0.2) is 48.5 Å². The summed E-state index contributed by atoms with van der Waals surface area (Å²) in [6.45, 7) is 4.33. The summed E-state index contributed by atoms with van der Waals surface area (Å²) in [4.78, 5) is 45.8. The number of hydrogen-bond acceptors (Lipinski definition) is 8. The number of nitro benzene ring substituents is 1. The molecule has 0 spiro atoms. The molecule has 2 aromatic rings. The molecule has 0 saturated heterocycles. The minimum absolute atomic E-state index is 0.101. The Kier molecular flexibility index (Phi) is 10.7. The van der Waals surface area contributed by atoms with Crippen molar-refractivity contribution in [2.24, 2.45) is 0 Å². The van der Waals surface area contributed by atoms with E-state index in [1.807, 2.05) is 6.92 Å². The Labute approximate surface area is 202 Å². The highest BCUT2D eigenvalue weighted by molar-refractivity contribution is 5.96. The maximum atomic E-state index is 12.0. The highest BCUT2D eigenvalue weighted by atomic mass is 16.6. The van der Waals surface area contributed by atoms with Crippen LogP contribution in [0.2, 0.25) is 0 Å². The molecule has 0 aromatic heterocycles. The maximum Gasteiger partial charge on any atom is 0.331 e. The van der Waals surface area contributed by atoms with Crippen molar-refractivity contribution in [1.82, 2.24) is 10.9 Å². The number of hydrogen-bond donors (Lipinski definition) is 2. The van der Waals surface area contributed by atoms with E-state index in [1.54, 1.807) is 18.2 Å². The number of esters is 1. The van der Waals surface area contributed by atoms with E-state index in [9.17, 15) is 24.5 Å². The smallest absolute Gasteiger partial charge is 0.331 e. The summed E-state index contributed by atoms with van der Waals surface area (Å²) in [7, 11) is 0. The van der Waals surface area contributed by atoms with Gasteiger partial charge in [0.15, 0.2) is 18.1 Å². The maximum absolute atomic E-state index is 12.0. The fourth-order valence-electron chi connectivity index (χ4n) is 2.66. The van der Waals surface area contributed by atoms with Gasteiger partial charge < -0.3 is 14.2 Å². The highest BCUT2D eigenvalue weighted by Crippen LogP contribution is 2.29. The van der Waals surface area contributed by atoms with Gasteiger partial charge in [0.05, 0.1) is 18.1 Å². The molecule has 0 bridgehead atoms. The van der Waals surface area contributed by atoms with Crippen LogP contribution in [0.1, 0.15) is 42.6 Å². The molecule has 0 atom stereocenters. The van der Waals surface area contributed by atoms with Crippen LogP contribution in [0, 0.1) is 10.1 Å². The number of amides is 2. The second-order valence-corrected chi connectivity index (χ2v) is 7.09. The first-order valence-corrected chi connectivity index (χ1v) is 10.9. The zero-order valence-corrected chi connectivity index (χ0v) is 19.4. The summed E-state index contributed by atoms with van der Waals surface area (Å²) in [6.07, 6.45) is 4.60. The van der Waals surface area contributed by atoms with Crippen LogP contribution in [0.4, 0.5) is 5.69 Å². The molecule has 0 saturated carbocycles. The molecule has 0 heterocycles. The number of nitrogens with one attached hydrogen (secondary N) is 2. The van der Waals surface area contributed by atoms with Crippen LogP contribution in [0.5, 0.6) is 11.5 Å². The van der Waals surface area contributed by atoms with Crippen molar-refractivity contribution in [1.29, 1.82) is 0 Å². The molecule has 0 aliphatic carbocycles. The topological polar surface area (TPSA) is 146 Å². The van der Waals surface area contributed by atoms with Gasteiger partial charge in [0.1, 0.15) is 0 Å². The van der Waals surface area contributed by atoms with Crippen molar-refractivity contribution >= 4 is 29.5 Å². The van der Waals surface area contributed by atoms with Gasteiger partial charge in [-0.2, -0.15) is 0 Å². The monoisotopic (exact) mass is 485 g/mol. The summed E-state index contributed by atoms with van der Waals surface area (Å²) < 4.78 is 16.2. The van der Waals surface area contributed by atoms with E-state index >= 15 is 0 Å². The van der Waals surface area contributed by atoms with Gasteiger partial charge >= 0.3 is 5.97 Å². The number of nitrogens with zero attached hydrogens (tertiary/aromatic N) is 1. The van der Waals surface area contributed by atoms with Crippen molar-refractivity contribution in [2.45, 2.75) is 26.7 Å². The Hall–Kier alpha value is -4.41. The predicted octanol–water partition coefficient (Wildman–Crippen LogP) is 3.19. The molecule has 0 aliphatic rings. The van der Waals surface area contributed by atoms with Gasteiger partial charge in [-0.15, -0.1) is 0 Å². The van der Waals surface area contributed by atoms with Crippen molar-refractivity contribution in [3.05, 3.63) is 69.8 Å². The average Bonchev–Trinajstić information content (AvgIpc) is 2.86. The number of carbonyl (C=O) groups is 3. The summed E-state index contributed by atoms with van der Waals surface area (Å²) in [5.74, 6) is -1.04. The van der Waals surface area contributed by atoms with Crippen LogP contribution in [0.3, 0.4) is 0 Å². The third-order valence-corrected chi connectivity index (χ3v) is 4.44. The largest absolute Gasteiger partial charge is 0.490 e. The first-order valence-electron chi connectivity index (χ1n) is 10.9. The number of carbonyl (C=O) groups excluding carboxylic acids is 3. The van der Waals surface area contributed by atoms with Crippen LogP contribution < -0.4 is 20.3 Å². The molecule has 11 nitrogen and oxygen atoms in total. The SMILES string of the molecule is CCCCOc1ccc(/C=C/C(=O)OCC(=O)NNC(=O)c2ccc([N+](=O)[O-])cc2)cc1OCC. The van der Waals surface area contributed by atoms with Gasteiger partial charge in [-0.1, -0.05) is 19.4 Å².